The van der Waals surface area contributed by atoms with E-state index in [0.717, 1.165) is 64.9 Å². The number of imidazole rings is 1. The van der Waals surface area contributed by atoms with Crippen molar-refractivity contribution in [2.75, 3.05) is 45.2 Å². The summed E-state index contributed by atoms with van der Waals surface area (Å²) in [6, 6.07) is 16.8. The van der Waals surface area contributed by atoms with Crippen molar-refractivity contribution in [3.05, 3.63) is 59.8 Å². The topological polar surface area (TPSA) is 96.9 Å². The summed E-state index contributed by atoms with van der Waals surface area (Å²) in [5.41, 5.74) is 7.89. The number of anilines is 1. The van der Waals surface area contributed by atoms with E-state index < -0.39 is 0 Å². The summed E-state index contributed by atoms with van der Waals surface area (Å²) in [6.45, 7) is 6.14. The first-order valence-corrected chi connectivity index (χ1v) is 12.1. The summed E-state index contributed by atoms with van der Waals surface area (Å²) in [7, 11) is 3.76. The Labute approximate surface area is 209 Å². The van der Waals surface area contributed by atoms with Gasteiger partial charge in [-0.05, 0) is 37.7 Å². The Kier molecular flexibility index (Phi) is 5.35. The molecule has 0 radical (unpaired) electrons. The zero-order chi connectivity index (χ0) is 24.8. The van der Waals surface area contributed by atoms with E-state index in [-0.39, 0.29) is 0 Å². The van der Waals surface area contributed by atoms with Gasteiger partial charge in [0.1, 0.15) is 17.5 Å². The van der Waals surface area contributed by atoms with Crippen molar-refractivity contribution in [1.82, 2.24) is 24.8 Å². The number of pyridine rings is 1. The Balaban J connectivity index is 1.51. The molecule has 5 aromatic rings. The van der Waals surface area contributed by atoms with Crippen molar-refractivity contribution in [2.24, 2.45) is 0 Å². The number of methoxy groups -OCH3 is 1. The van der Waals surface area contributed by atoms with E-state index >= 15 is 0 Å². The average Bonchev–Trinajstić information content (AvgIpc) is 3.49. The molecule has 180 valence electrons. The molecule has 1 aliphatic rings. The molecule has 1 aliphatic heterocycles. The number of likely N-dealkylation sites (N-methyl/N-ethyl adjacent to an activating group) is 1. The maximum atomic E-state index is 10.1. The van der Waals surface area contributed by atoms with Gasteiger partial charge in [0.05, 0.1) is 34.9 Å². The number of aromatic amines is 2. The fourth-order valence-corrected chi connectivity index (χ4v) is 5.06. The van der Waals surface area contributed by atoms with E-state index in [1.807, 2.05) is 31.2 Å². The van der Waals surface area contributed by atoms with Crippen molar-refractivity contribution in [3.63, 3.8) is 0 Å². The van der Waals surface area contributed by atoms with Crippen LogP contribution < -0.4 is 9.64 Å². The highest BCUT2D eigenvalue weighted by Gasteiger charge is 2.23. The van der Waals surface area contributed by atoms with Gasteiger partial charge in [0, 0.05) is 49.0 Å². The lowest BCUT2D eigenvalue weighted by molar-refractivity contribution is 0.313. The number of benzene rings is 2. The van der Waals surface area contributed by atoms with Crippen LogP contribution in [0.5, 0.6) is 5.88 Å². The second-order valence-corrected chi connectivity index (χ2v) is 9.31. The zero-order valence-corrected chi connectivity index (χ0v) is 20.6. The van der Waals surface area contributed by atoms with E-state index in [0.29, 0.717) is 22.8 Å². The fourth-order valence-electron chi connectivity index (χ4n) is 5.06. The summed E-state index contributed by atoms with van der Waals surface area (Å²) in [4.78, 5) is 21.2. The van der Waals surface area contributed by atoms with E-state index in [1.165, 1.54) is 5.69 Å². The van der Waals surface area contributed by atoms with Crippen LogP contribution in [0.15, 0.2) is 48.7 Å². The highest BCUT2D eigenvalue weighted by Crippen LogP contribution is 2.39. The van der Waals surface area contributed by atoms with Crippen LogP contribution in [0.25, 0.3) is 44.6 Å². The lowest BCUT2D eigenvalue weighted by Gasteiger charge is -2.34. The number of H-pyrrole nitrogens is 2. The summed E-state index contributed by atoms with van der Waals surface area (Å²) in [6.07, 6.45) is 1.70. The molecule has 4 heterocycles. The molecule has 1 fully saturated rings. The van der Waals surface area contributed by atoms with E-state index in [9.17, 15) is 5.26 Å². The first-order chi connectivity index (χ1) is 17.6. The molecule has 0 spiro atoms. The van der Waals surface area contributed by atoms with Crippen LogP contribution in [0.4, 0.5) is 5.69 Å². The van der Waals surface area contributed by atoms with Crippen LogP contribution in [0.2, 0.25) is 0 Å². The van der Waals surface area contributed by atoms with Gasteiger partial charge in [-0.3, -0.25) is 0 Å². The molecule has 0 bridgehead atoms. The van der Waals surface area contributed by atoms with Crippen molar-refractivity contribution < 1.29 is 4.74 Å². The van der Waals surface area contributed by atoms with Gasteiger partial charge in [0.25, 0.3) is 0 Å². The average molecular weight is 478 g/mol. The summed E-state index contributed by atoms with van der Waals surface area (Å²) in [5, 5.41) is 10.8. The Morgan fingerprint density at radius 1 is 1.06 bits per heavy atom. The number of nitriles is 1. The van der Waals surface area contributed by atoms with E-state index in [4.69, 9.17) is 9.72 Å². The number of rotatable bonds is 4. The summed E-state index contributed by atoms with van der Waals surface area (Å²) >= 11 is 0. The fraction of sp³-hybridized carbons (Fsp3) is 0.250. The number of aryl methyl sites for hydroxylation is 1. The van der Waals surface area contributed by atoms with Gasteiger partial charge in [0.15, 0.2) is 0 Å². The molecular weight excluding hydrogens is 450 g/mol. The molecule has 0 saturated carbocycles. The van der Waals surface area contributed by atoms with Crippen molar-refractivity contribution in [3.8, 4) is 34.6 Å². The molecular formula is C28H27N7O. The van der Waals surface area contributed by atoms with E-state index in [1.54, 1.807) is 13.3 Å². The SMILES string of the molecule is COc1ncc2c(C#N)c(-c3ccccc3C)[nH]c2c1-c1nc2ccc(N3CCN(C)CC3)cc2[nH]1. The molecule has 3 aromatic heterocycles. The second-order valence-electron chi connectivity index (χ2n) is 9.31. The van der Waals surface area contributed by atoms with Gasteiger partial charge in [-0.25, -0.2) is 9.97 Å². The number of nitrogens with one attached hydrogen (secondary N) is 2. The number of ether oxygens (including phenoxy) is 1. The standard InChI is InChI=1S/C28H27N7O/c1-17-6-4-5-7-19(17)25-20(15-29)21-16-30-28(36-3)24(26(21)33-25)27-31-22-9-8-18(14-23(22)32-27)35-12-10-34(2)11-13-35/h4-9,14,16,33H,10-13H2,1-3H3,(H,31,32). The minimum absolute atomic E-state index is 0.447. The number of fused-ring (bicyclic) bond motifs is 2. The molecule has 2 aromatic carbocycles. The molecule has 0 aliphatic carbocycles. The molecule has 6 rings (SSSR count). The number of nitrogens with zero attached hydrogens (tertiary/aromatic N) is 5. The smallest absolute Gasteiger partial charge is 0.226 e. The van der Waals surface area contributed by atoms with Gasteiger partial charge < -0.3 is 24.5 Å². The first kappa shape index (κ1) is 22.1. The Morgan fingerprint density at radius 3 is 2.61 bits per heavy atom. The minimum Gasteiger partial charge on any atom is -0.480 e. The number of hydrogen-bond acceptors (Lipinski definition) is 6. The van der Waals surface area contributed by atoms with Gasteiger partial charge in [-0.2, -0.15) is 5.26 Å². The Bertz CT molecular complexity index is 1630. The molecule has 8 heteroatoms. The Hall–Kier alpha value is -4.35. The molecule has 36 heavy (non-hydrogen) atoms. The van der Waals surface area contributed by atoms with Crippen LogP contribution in [-0.4, -0.2) is 65.2 Å². The third kappa shape index (κ3) is 3.56. The second kappa shape index (κ2) is 8.70. The van der Waals surface area contributed by atoms with Crippen LogP contribution >= 0.6 is 0 Å². The van der Waals surface area contributed by atoms with Crippen LogP contribution in [0.1, 0.15) is 11.1 Å². The van der Waals surface area contributed by atoms with Gasteiger partial charge in [-0.15, -0.1) is 0 Å². The van der Waals surface area contributed by atoms with Gasteiger partial charge in [0.2, 0.25) is 5.88 Å². The zero-order valence-electron chi connectivity index (χ0n) is 20.6. The van der Waals surface area contributed by atoms with Gasteiger partial charge in [-0.1, -0.05) is 24.3 Å². The van der Waals surface area contributed by atoms with Crippen molar-refractivity contribution in [1.29, 1.82) is 5.26 Å². The number of aromatic nitrogens is 4. The maximum absolute atomic E-state index is 10.1. The monoisotopic (exact) mass is 477 g/mol. The molecule has 0 atom stereocenters. The van der Waals surface area contributed by atoms with E-state index in [2.05, 4.69) is 56.1 Å². The molecule has 0 unspecified atom stereocenters. The highest BCUT2D eigenvalue weighted by molar-refractivity contribution is 6.03. The molecule has 1 saturated heterocycles. The van der Waals surface area contributed by atoms with Crippen molar-refractivity contribution >= 4 is 27.6 Å². The maximum Gasteiger partial charge on any atom is 0.226 e. The lowest BCUT2D eigenvalue weighted by atomic mass is 10.0. The van der Waals surface area contributed by atoms with Crippen LogP contribution in [0, 0.1) is 18.3 Å². The number of hydrogen-bond donors (Lipinski definition) is 2. The Morgan fingerprint density at radius 2 is 1.86 bits per heavy atom. The van der Waals surface area contributed by atoms with Crippen LogP contribution in [-0.2, 0) is 0 Å². The predicted molar refractivity (Wildman–Crippen MR) is 142 cm³/mol. The normalized spacial score (nSPS) is 14.4. The quantitative estimate of drug-likeness (QED) is 0.389. The largest absolute Gasteiger partial charge is 0.480 e. The molecule has 8 nitrogen and oxygen atoms in total. The van der Waals surface area contributed by atoms with Crippen LogP contribution in [0.3, 0.4) is 0 Å². The lowest BCUT2D eigenvalue weighted by Crippen LogP contribution is -2.44. The highest BCUT2D eigenvalue weighted by atomic mass is 16.5. The molecule has 2 N–H and O–H groups in total. The molecule has 0 amide bonds. The third-order valence-corrected chi connectivity index (χ3v) is 7.10. The summed E-state index contributed by atoms with van der Waals surface area (Å²) < 4.78 is 5.66. The number of piperazine rings is 1. The van der Waals surface area contributed by atoms with Gasteiger partial charge >= 0.3 is 0 Å². The summed E-state index contributed by atoms with van der Waals surface area (Å²) in [5.74, 6) is 1.10. The first-order valence-electron chi connectivity index (χ1n) is 12.1. The minimum atomic E-state index is 0.447. The third-order valence-electron chi connectivity index (χ3n) is 7.10. The predicted octanol–water partition coefficient (Wildman–Crippen LogP) is 4.71. The van der Waals surface area contributed by atoms with Crippen molar-refractivity contribution in [2.45, 2.75) is 6.92 Å².